The lowest BCUT2D eigenvalue weighted by molar-refractivity contribution is -0.160. The maximum Gasteiger partial charge on any atom is 0.416 e. The van der Waals surface area contributed by atoms with E-state index in [2.05, 4.69) is 4.98 Å². The first-order valence-electron chi connectivity index (χ1n) is 8.08. The first-order chi connectivity index (χ1) is 13.2. The van der Waals surface area contributed by atoms with Gasteiger partial charge in [0.1, 0.15) is 0 Å². The van der Waals surface area contributed by atoms with Gasteiger partial charge in [-0.2, -0.15) is 26.3 Å². The zero-order chi connectivity index (χ0) is 21.6. The first-order valence-corrected chi connectivity index (χ1v) is 8.08. The predicted octanol–water partition coefficient (Wildman–Crippen LogP) is 5.21. The molecule has 1 aliphatic rings. The number of carbonyl (C=O) groups excluding carboxylic acids is 1. The summed E-state index contributed by atoms with van der Waals surface area (Å²) in [7, 11) is 0. The Labute approximate surface area is 158 Å². The van der Waals surface area contributed by atoms with Crippen LogP contribution < -0.4 is 0 Å². The number of H-pyrrole nitrogens is 1. The smallest absolute Gasteiger partial charge is 0.361 e. The molecule has 1 fully saturated rings. The van der Waals surface area contributed by atoms with E-state index in [1.54, 1.807) is 0 Å². The monoisotopic (exact) mass is 424 g/mol. The Balaban J connectivity index is 1.84. The standard InChI is InChI=1S/C18H12F8N2O/c19-16(20)8-28(9-16)15(29)2-1-10-3-14(27-7-10)11-4-12(17(21,22)23)6-13(5-11)18(24,25)26/h1-7,27H,8-9H2/b2-1-. The van der Waals surface area contributed by atoms with Crippen molar-refractivity contribution in [3.8, 4) is 11.3 Å². The minimum Gasteiger partial charge on any atom is -0.361 e. The summed E-state index contributed by atoms with van der Waals surface area (Å²) in [4.78, 5) is 15.2. The number of amides is 1. The number of likely N-dealkylation sites (tertiary alicyclic amines) is 1. The highest BCUT2D eigenvalue weighted by atomic mass is 19.4. The van der Waals surface area contributed by atoms with E-state index in [9.17, 15) is 39.9 Å². The third kappa shape index (κ3) is 4.77. The van der Waals surface area contributed by atoms with Gasteiger partial charge in [0, 0.05) is 18.0 Å². The summed E-state index contributed by atoms with van der Waals surface area (Å²) in [6.45, 7) is -1.42. The fraction of sp³-hybridized carbons (Fsp3) is 0.278. The second kappa shape index (κ2) is 6.89. The minimum absolute atomic E-state index is 0.0226. The molecule has 1 amide bonds. The minimum atomic E-state index is -4.98. The number of nitrogens with zero attached hydrogens (tertiary/aromatic N) is 1. The fourth-order valence-corrected chi connectivity index (χ4v) is 2.73. The second-order valence-corrected chi connectivity index (χ2v) is 6.52. The highest BCUT2D eigenvalue weighted by Crippen LogP contribution is 2.38. The second-order valence-electron chi connectivity index (χ2n) is 6.52. The number of aromatic nitrogens is 1. The lowest BCUT2D eigenvalue weighted by Crippen LogP contribution is -2.57. The molecule has 3 rings (SSSR count). The number of alkyl halides is 8. The molecule has 1 aromatic carbocycles. The molecule has 0 radical (unpaired) electrons. The normalized spacial score (nSPS) is 16.9. The molecule has 1 aromatic heterocycles. The van der Waals surface area contributed by atoms with Crippen molar-refractivity contribution in [2.24, 2.45) is 0 Å². The number of benzene rings is 1. The molecule has 2 aromatic rings. The van der Waals surface area contributed by atoms with Crippen molar-refractivity contribution < 1.29 is 39.9 Å². The van der Waals surface area contributed by atoms with Gasteiger partial charge in [-0.15, -0.1) is 0 Å². The molecular formula is C18H12F8N2O. The van der Waals surface area contributed by atoms with E-state index in [0.717, 1.165) is 11.0 Å². The van der Waals surface area contributed by atoms with Crippen LogP contribution in [0, 0.1) is 0 Å². The average molecular weight is 424 g/mol. The van der Waals surface area contributed by atoms with Crippen molar-refractivity contribution in [1.29, 1.82) is 0 Å². The van der Waals surface area contributed by atoms with Crippen LogP contribution in [0.5, 0.6) is 0 Å². The molecule has 3 nitrogen and oxygen atoms in total. The van der Waals surface area contributed by atoms with Crippen molar-refractivity contribution in [2.45, 2.75) is 18.3 Å². The van der Waals surface area contributed by atoms with Gasteiger partial charge in [0.2, 0.25) is 5.91 Å². The van der Waals surface area contributed by atoms with Crippen molar-refractivity contribution in [3.63, 3.8) is 0 Å². The van der Waals surface area contributed by atoms with Crippen LogP contribution in [0.3, 0.4) is 0 Å². The van der Waals surface area contributed by atoms with Crippen LogP contribution in [0.25, 0.3) is 17.3 Å². The molecule has 0 atom stereocenters. The molecular weight excluding hydrogens is 412 g/mol. The summed E-state index contributed by atoms with van der Waals surface area (Å²) in [5, 5.41) is 0. The average Bonchev–Trinajstić information content (AvgIpc) is 3.04. The lowest BCUT2D eigenvalue weighted by Gasteiger charge is -2.37. The van der Waals surface area contributed by atoms with Crippen LogP contribution in [0.15, 0.2) is 36.5 Å². The van der Waals surface area contributed by atoms with Gasteiger partial charge in [0.05, 0.1) is 24.2 Å². The van der Waals surface area contributed by atoms with Crippen LogP contribution >= 0.6 is 0 Å². The fourth-order valence-electron chi connectivity index (χ4n) is 2.73. The molecule has 29 heavy (non-hydrogen) atoms. The van der Waals surface area contributed by atoms with E-state index in [-0.39, 0.29) is 22.9 Å². The molecule has 0 aliphatic carbocycles. The number of rotatable bonds is 3. The molecule has 156 valence electrons. The number of nitrogens with one attached hydrogen (secondary N) is 1. The summed E-state index contributed by atoms with van der Waals surface area (Å²) in [5.74, 6) is -3.61. The Hall–Kier alpha value is -2.85. The van der Waals surface area contributed by atoms with Gasteiger partial charge in [0.25, 0.3) is 5.92 Å². The predicted molar refractivity (Wildman–Crippen MR) is 86.8 cm³/mol. The Kier molecular flexibility index (Phi) is 4.96. The highest BCUT2D eigenvalue weighted by molar-refractivity contribution is 5.92. The van der Waals surface area contributed by atoms with Gasteiger partial charge >= 0.3 is 12.4 Å². The van der Waals surface area contributed by atoms with Crippen molar-refractivity contribution in [3.05, 3.63) is 53.2 Å². The van der Waals surface area contributed by atoms with Gasteiger partial charge < -0.3 is 9.88 Å². The van der Waals surface area contributed by atoms with E-state index < -0.39 is 48.4 Å². The van der Waals surface area contributed by atoms with Gasteiger partial charge in [0.15, 0.2) is 0 Å². The largest absolute Gasteiger partial charge is 0.416 e. The summed E-state index contributed by atoms with van der Waals surface area (Å²) in [6, 6.07) is 2.41. The Morgan fingerprint density at radius 1 is 0.966 bits per heavy atom. The summed E-state index contributed by atoms with van der Waals surface area (Å²) >= 11 is 0. The third-order valence-electron chi connectivity index (χ3n) is 4.18. The maximum atomic E-state index is 13.0. The summed E-state index contributed by atoms with van der Waals surface area (Å²) in [5.41, 5.74) is -3.03. The van der Waals surface area contributed by atoms with Crippen molar-refractivity contribution >= 4 is 12.0 Å². The molecule has 1 saturated heterocycles. The van der Waals surface area contributed by atoms with E-state index in [4.69, 9.17) is 0 Å². The van der Waals surface area contributed by atoms with Crippen molar-refractivity contribution in [1.82, 2.24) is 9.88 Å². The molecule has 0 spiro atoms. The third-order valence-corrected chi connectivity index (χ3v) is 4.18. The molecule has 1 N–H and O–H groups in total. The van der Waals surface area contributed by atoms with Crippen LogP contribution in [0.2, 0.25) is 0 Å². The lowest BCUT2D eigenvalue weighted by atomic mass is 10.0. The highest BCUT2D eigenvalue weighted by Gasteiger charge is 2.45. The summed E-state index contributed by atoms with van der Waals surface area (Å²) < 4.78 is 103. The van der Waals surface area contributed by atoms with Crippen LogP contribution in [-0.2, 0) is 17.1 Å². The van der Waals surface area contributed by atoms with Gasteiger partial charge in [-0.25, -0.2) is 8.78 Å². The van der Waals surface area contributed by atoms with E-state index in [1.807, 2.05) is 0 Å². The molecule has 0 unspecified atom stereocenters. The first kappa shape index (κ1) is 20.9. The van der Waals surface area contributed by atoms with Crippen LogP contribution in [-0.4, -0.2) is 34.8 Å². The molecule has 11 heteroatoms. The van der Waals surface area contributed by atoms with Gasteiger partial charge in [-0.05, 0) is 41.5 Å². The molecule has 2 heterocycles. The SMILES string of the molecule is O=C(/C=C\c1c[nH]c(-c2cc(C(F)(F)F)cc(C(F)(F)F)c2)c1)N1CC(F)(F)C1. The van der Waals surface area contributed by atoms with E-state index in [1.165, 1.54) is 18.3 Å². The van der Waals surface area contributed by atoms with E-state index >= 15 is 0 Å². The molecule has 0 bridgehead atoms. The number of hydrogen-bond donors (Lipinski definition) is 1. The Bertz CT molecular complexity index is 915. The van der Waals surface area contributed by atoms with Crippen LogP contribution in [0.4, 0.5) is 35.1 Å². The zero-order valence-corrected chi connectivity index (χ0v) is 14.3. The van der Waals surface area contributed by atoms with Crippen LogP contribution in [0.1, 0.15) is 16.7 Å². The molecule has 0 saturated carbocycles. The number of halogens is 8. The van der Waals surface area contributed by atoms with E-state index in [0.29, 0.717) is 12.1 Å². The topological polar surface area (TPSA) is 36.1 Å². The summed E-state index contributed by atoms with van der Waals surface area (Å²) in [6.07, 6.45) is -6.47. The Morgan fingerprint density at radius 3 is 2.00 bits per heavy atom. The number of carbonyl (C=O) groups is 1. The quantitative estimate of drug-likeness (QED) is 0.533. The zero-order valence-electron chi connectivity index (χ0n) is 14.3. The van der Waals surface area contributed by atoms with Gasteiger partial charge in [-0.1, -0.05) is 0 Å². The number of aromatic amines is 1. The maximum absolute atomic E-state index is 13.0. The van der Waals surface area contributed by atoms with Crippen molar-refractivity contribution in [2.75, 3.05) is 13.1 Å². The Morgan fingerprint density at radius 2 is 1.52 bits per heavy atom. The number of hydrogen-bond acceptors (Lipinski definition) is 1. The van der Waals surface area contributed by atoms with Gasteiger partial charge in [-0.3, -0.25) is 4.79 Å². The molecule has 1 aliphatic heterocycles.